The molecule has 1 fully saturated rings. The van der Waals surface area contributed by atoms with Gasteiger partial charge in [-0.2, -0.15) is 0 Å². The van der Waals surface area contributed by atoms with Crippen LogP contribution < -0.4 is 4.74 Å². The first kappa shape index (κ1) is 17.6. The van der Waals surface area contributed by atoms with Crippen molar-refractivity contribution in [3.05, 3.63) is 52.8 Å². The number of carbonyl (C=O) groups is 1. The number of amides is 1. The van der Waals surface area contributed by atoms with E-state index >= 15 is 0 Å². The van der Waals surface area contributed by atoms with Crippen molar-refractivity contribution in [1.82, 2.24) is 29.5 Å². The van der Waals surface area contributed by atoms with E-state index in [1.807, 2.05) is 41.2 Å². The van der Waals surface area contributed by atoms with Crippen molar-refractivity contribution in [3.63, 3.8) is 0 Å². The molecule has 0 atom stereocenters. The first-order valence-corrected chi connectivity index (χ1v) is 9.71. The van der Waals surface area contributed by atoms with E-state index in [1.54, 1.807) is 4.90 Å². The van der Waals surface area contributed by atoms with Gasteiger partial charge in [0.15, 0.2) is 0 Å². The summed E-state index contributed by atoms with van der Waals surface area (Å²) in [5.74, 6) is 0.811. The maximum absolute atomic E-state index is 12.6. The van der Waals surface area contributed by atoms with E-state index in [1.165, 1.54) is 11.5 Å². The lowest BCUT2D eigenvalue weighted by molar-refractivity contribution is 0.0502. The molecule has 0 aliphatic carbocycles. The number of hydrogen-bond acceptors (Lipinski definition) is 7. The average Bonchev–Trinajstić information content (AvgIpc) is 3.29. The Kier molecular flexibility index (Phi) is 5.10. The Hall–Kier alpha value is -2.81. The Balaban J connectivity index is 1.31. The van der Waals surface area contributed by atoms with Crippen LogP contribution in [0.4, 0.5) is 0 Å². The third kappa shape index (κ3) is 3.82. The fourth-order valence-electron chi connectivity index (χ4n) is 2.94. The zero-order valence-corrected chi connectivity index (χ0v) is 15.8. The van der Waals surface area contributed by atoms with Crippen LogP contribution in [0.1, 0.15) is 40.4 Å². The second-order valence-corrected chi connectivity index (χ2v) is 7.21. The minimum absolute atomic E-state index is 0.0115. The van der Waals surface area contributed by atoms with Gasteiger partial charge in [-0.1, -0.05) is 41.2 Å². The van der Waals surface area contributed by atoms with Crippen LogP contribution in [0.2, 0.25) is 0 Å². The topological polar surface area (TPSA) is 86.0 Å². The van der Waals surface area contributed by atoms with Crippen molar-refractivity contribution in [2.24, 2.45) is 0 Å². The Bertz CT molecular complexity index is 903. The number of para-hydroxylation sites is 1. The molecule has 0 spiro atoms. The summed E-state index contributed by atoms with van der Waals surface area (Å²) in [5, 5.41) is 12.4. The molecule has 27 heavy (non-hydrogen) atoms. The molecule has 0 N–H and O–H groups in total. The van der Waals surface area contributed by atoms with Crippen LogP contribution >= 0.6 is 11.5 Å². The third-order valence-electron chi connectivity index (χ3n) is 4.45. The minimum Gasteiger partial charge on any atom is -0.487 e. The van der Waals surface area contributed by atoms with E-state index in [9.17, 15) is 4.79 Å². The fraction of sp³-hybridized carbons (Fsp3) is 0.389. The molecule has 140 valence electrons. The summed E-state index contributed by atoms with van der Waals surface area (Å²) in [4.78, 5) is 15.1. The number of rotatable bonds is 7. The van der Waals surface area contributed by atoms with E-state index < -0.39 is 0 Å². The van der Waals surface area contributed by atoms with Crippen molar-refractivity contribution >= 4 is 17.4 Å². The Labute approximate surface area is 160 Å². The summed E-state index contributed by atoms with van der Waals surface area (Å²) in [5.41, 5.74) is 1.57. The standard InChI is InChI=1S/C18H20N6O2S/c1-2-6-16-17(27-22-20-16)18(25)23-10-14(11-23)24-9-13(19-21-24)12-26-15-7-4-3-5-8-15/h3-5,7-9,14H,2,6,10-12H2,1H3. The molecule has 0 unspecified atom stereocenters. The van der Waals surface area contributed by atoms with Gasteiger partial charge in [0.05, 0.1) is 17.9 Å². The van der Waals surface area contributed by atoms with Gasteiger partial charge in [-0.3, -0.25) is 4.79 Å². The van der Waals surface area contributed by atoms with E-state index in [0.29, 0.717) is 24.6 Å². The van der Waals surface area contributed by atoms with E-state index in [-0.39, 0.29) is 11.9 Å². The van der Waals surface area contributed by atoms with Gasteiger partial charge in [0, 0.05) is 13.1 Å². The summed E-state index contributed by atoms with van der Waals surface area (Å²) in [6.45, 7) is 3.67. The molecule has 2 aromatic heterocycles. The number of nitrogens with zero attached hydrogens (tertiary/aromatic N) is 6. The number of likely N-dealkylation sites (tertiary alicyclic amines) is 1. The largest absolute Gasteiger partial charge is 0.487 e. The molecule has 8 nitrogen and oxygen atoms in total. The quantitative estimate of drug-likeness (QED) is 0.622. The highest BCUT2D eigenvalue weighted by Gasteiger charge is 2.35. The van der Waals surface area contributed by atoms with E-state index in [0.717, 1.165) is 30.0 Å². The highest BCUT2D eigenvalue weighted by atomic mass is 32.1. The second kappa shape index (κ2) is 7.83. The number of ether oxygens (including phenoxy) is 1. The van der Waals surface area contributed by atoms with Crippen LogP contribution in [0.5, 0.6) is 5.75 Å². The number of hydrogen-bond donors (Lipinski definition) is 0. The molecule has 0 radical (unpaired) electrons. The lowest BCUT2D eigenvalue weighted by atomic mass is 10.1. The van der Waals surface area contributed by atoms with Crippen molar-refractivity contribution < 1.29 is 9.53 Å². The number of aromatic nitrogens is 5. The predicted molar refractivity (Wildman–Crippen MR) is 99.6 cm³/mol. The van der Waals surface area contributed by atoms with Gasteiger partial charge in [0.25, 0.3) is 5.91 Å². The molecule has 1 saturated heterocycles. The molecule has 1 aliphatic rings. The molecule has 1 amide bonds. The van der Waals surface area contributed by atoms with Gasteiger partial charge in [-0.15, -0.1) is 10.2 Å². The SMILES string of the molecule is CCCc1nnsc1C(=O)N1CC(n2cc(COc3ccccc3)nn2)C1. The van der Waals surface area contributed by atoms with Crippen LogP contribution in [0.15, 0.2) is 36.5 Å². The monoisotopic (exact) mass is 384 g/mol. The maximum Gasteiger partial charge on any atom is 0.267 e. The molecule has 1 aromatic carbocycles. The highest BCUT2D eigenvalue weighted by molar-refractivity contribution is 7.08. The maximum atomic E-state index is 12.6. The Morgan fingerprint density at radius 3 is 2.85 bits per heavy atom. The Morgan fingerprint density at radius 1 is 1.26 bits per heavy atom. The molecule has 0 saturated carbocycles. The smallest absolute Gasteiger partial charge is 0.267 e. The van der Waals surface area contributed by atoms with Gasteiger partial charge in [0.1, 0.15) is 22.9 Å². The van der Waals surface area contributed by atoms with Gasteiger partial charge in [0.2, 0.25) is 0 Å². The van der Waals surface area contributed by atoms with E-state index in [4.69, 9.17) is 4.74 Å². The zero-order valence-electron chi connectivity index (χ0n) is 15.0. The minimum atomic E-state index is 0.0115. The van der Waals surface area contributed by atoms with E-state index in [2.05, 4.69) is 26.8 Å². The van der Waals surface area contributed by atoms with Crippen LogP contribution in [0.25, 0.3) is 0 Å². The fourth-order valence-corrected chi connectivity index (χ4v) is 3.61. The van der Waals surface area contributed by atoms with Gasteiger partial charge < -0.3 is 9.64 Å². The number of carbonyl (C=O) groups excluding carboxylic acids is 1. The van der Waals surface area contributed by atoms with Crippen molar-refractivity contribution in [3.8, 4) is 5.75 Å². The summed E-state index contributed by atoms with van der Waals surface area (Å²) >= 11 is 1.18. The third-order valence-corrected chi connectivity index (χ3v) is 5.20. The van der Waals surface area contributed by atoms with Crippen LogP contribution in [-0.2, 0) is 13.0 Å². The molecule has 0 bridgehead atoms. The first-order valence-electron chi connectivity index (χ1n) is 8.93. The van der Waals surface area contributed by atoms with Crippen LogP contribution in [0, 0.1) is 0 Å². The summed E-state index contributed by atoms with van der Waals surface area (Å²) < 4.78 is 11.4. The second-order valence-electron chi connectivity index (χ2n) is 6.45. The molecule has 3 heterocycles. The van der Waals surface area contributed by atoms with Gasteiger partial charge in [-0.25, -0.2) is 4.68 Å². The Morgan fingerprint density at radius 2 is 2.07 bits per heavy atom. The lowest BCUT2D eigenvalue weighted by Crippen LogP contribution is -2.50. The molecular formula is C18H20N6O2S. The van der Waals surface area contributed by atoms with Crippen molar-refractivity contribution in [2.75, 3.05) is 13.1 Å². The summed E-state index contributed by atoms with van der Waals surface area (Å²) in [6.07, 6.45) is 3.61. The molecule has 3 aromatic rings. The number of aryl methyl sites for hydroxylation is 1. The molecule has 4 rings (SSSR count). The van der Waals surface area contributed by atoms with Gasteiger partial charge >= 0.3 is 0 Å². The zero-order chi connectivity index (χ0) is 18.6. The first-order chi connectivity index (χ1) is 13.2. The molecule has 1 aliphatic heterocycles. The van der Waals surface area contributed by atoms with Gasteiger partial charge in [-0.05, 0) is 30.1 Å². The molecule has 9 heteroatoms. The van der Waals surface area contributed by atoms with Crippen molar-refractivity contribution in [2.45, 2.75) is 32.4 Å². The van der Waals surface area contributed by atoms with Crippen molar-refractivity contribution in [1.29, 1.82) is 0 Å². The predicted octanol–water partition coefficient (Wildman–Crippen LogP) is 2.36. The normalized spacial score (nSPS) is 14.2. The summed E-state index contributed by atoms with van der Waals surface area (Å²) in [7, 11) is 0. The van der Waals surface area contributed by atoms with Crippen LogP contribution in [0.3, 0.4) is 0 Å². The average molecular weight is 384 g/mol. The molecular weight excluding hydrogens is 364 g/mol. The number of benzene rings is 1. The lowest BCUT2D eigenvalue weighted by Gasteiger charge is -2.38. The highest BCUT2D eigenvalue weighted by Crippen LogP contribution is 2.25. The summed E-state index contributed by atoms with van der Waals surface area (Å²) in [6, 6.07) is 9.75. The van der Waals surface area contributed by atoms with Crippen LogP contribution in [-0.4, -0.2) is 48.5 Å².